The maximum atomic E-state index is 4.89. The normalized spacial score (nSPS) is 18.6. The third-order valence-corrected chi connectivity index (χ3v) is 4.57. The molecule has 1 atom stereocenters. The molecule has 1 unspecified atom stereocenters. The van der Waals surface area contributed by atoms with Crippen molar-refractivity contribution in [1.82, 2.24) is 4.57 Å². The molecule has 3 heteroatoms. The van der Waals surface area contributed by atoms with E-state index >= 15 is 0 Å². The van der Waals surface area contributed by atoms with Crippen LogP contribution in [0.25, 0.3) is 16.6 Å². The van der Waals surface area contributed by atoms with E-state index in [0.717, 1.165) is 17.9 Å². The summed E-state index contributed by atoms with van der Waals surface area (Å²) in [4.78, 5) is 9.36. The van der Waals surface area contributed by atoms with Gasteiger partial charge in [0.25, 0.3) is 0 Å². The average molecular weight is 297 g/mol. The molecule has 23 heavy (non-hydrogen) atoms. The van der Waals surface area contributed by atoms with Crippen LogP contribution in [0.1, 0.15) is 5.69 Å². The van der Waals surface area contributed by atoms with E-state index in [9.17, 15) is 0 Å². The van der Waals surface area contributed by atoms with Gasteiger partial charge < -0.3 is 4.57 Å². The monoisotopic (exact) mass is 297 g/mol. The fourth-order valence-electron chi connectivity index (χ4n) is 3.54. The quantitative estimate of drug-likeness (QED) is 0.634. The molecule has 0 aliphatic carbocycles. The van der Waals surface area contributed by atoms with Gasteiger partial charge in [-0.1, -0.05) is 42.5 Å². The highest BCUT2D eigenvalue weighted by atomic mass is 15.1. The molecule has 0 saturated carbocycles. The zero-order valence-corrected chi connectivity index (χ0v) is 12.6. The number of allylic oxidation sites excluding steroid dienone is 1. The number of dihydropyridines is 1. The highest BCUT2D eigenvalue weighted by Crippen LogP contribution is 2.40. The van der Waals surface area contributed by atoms with E-state index in [1.165, 1.54) is 22.3 Å². The largest absolute Gasteiger partial charge is 0.311 e. The van der Waals surface area contributed by atoms with Gasteiger partial charge in [-0.05, 0) is 24.3 Å². The Morgan fingerprint density at radius 2 is 1.78 bits per heavy atom. The van der Waals surface area contributed by atoms with Gasteiger partial charge in [0, 0.05) is 29.6 Å². The van der Waals surface area contributed by atoms with Crippen LogP contribution in [0, 0.1) is 5.92 Å². The second kappa shape index (κ2) is 4.78. The number of benzene rings is 2. The third-order valence-electron chi connectivity index (χ3n) is 4.57. The maximum absolute atomic E-state index is 4.89. The van der Waals surface area contributed by atoms with Crippen LogP contribution in [0.5, 0.6) is 0 Å². The number of para-hydroxylation sites is 2. The van der Waals surface area contributed by atoms with Crippen LogP contribution in [-0.4, -0.2) is 16.6 Å². The van der Waals surface area contributed by atoms with Crippen molar-refractivity contribution in [2.45, 2.75) is 6.42 Å². The zero-order valence-electron chi connectivity index (χ0n) is 12.6. The van der Waals surface area contributed by atoms with Crippen molar-refractivity contribution in [2.75, 3.05) is 0 Å². The van der Waals surface area contributed by atoms with Gasteiger partial charge in [0.2, 0.25) is 0 Å². The van der Waals surface area contributed by atoms with Gasteiger partial charge in [-0.3, -0.25) is 0 Å². The van der Waals surface area contributed by atoms with Crippen molar-refractivity contribution in [1.29, 1.82) is 0 Å². The molecule has 0 radical (unpaired) electrons. The number of amidine groups is 1. The Balaban J connectivity index is 1.85. The molecule has 0 fully saturated rings. The Hall–Kier alpha value is -2.94. The second-order valence-corrected chi connectivity index (χ2v) is 5.93. The third kappa shape index (κ3) is 1.83. The van der Waals surface area contributed by atoms with Crippen LogP contribution in [0.2, 0.25) is 0 Å². The number of nitrogens with zero attached hydrogens (tertiary/aromatic N) is 3. The summed E-state index contributed by atoms with van der Waals surface area (Å²) >= 11 is 0. The molecule has 0 spiro atoms. The minimum Gasteiger partial charge on any atom is -0.311 e. The van der Waals surface area contributed by atoms with Crippen LogP contribution in [0.4, 0.5) is 5.69 Å². The number of fused-ring (bicyclic) bond motifs is 4. The molecule has 5 rings (SSSR count). The first-order chi connectivity index (χ1) is 11.4. The first-order valence-electron chi connectivity index (χ1n) is 7.89. The highest BCUT2D eigenvalue weighted by Gasteiger charge is 2.28. The highest BCUT2D eigenvalue weighted by molar-refractivity contribution is 6.05. The molecule has 3 nitrogen and oxygen atoms in total. The van der Waals surface area contributed by atoms with Gasteiger partial charge in [-0.25, -0.2) is 9.98 Å². The number of hydrogen-bond acceptors (Lipinski definition) is 2. The van der Waals surface area contributed by atoms with Crippen molar-refractivity contribution < 1.29 is 0 Å². The Kier molecular flexibility index (Phi) is 2.62. The number of hydrogen-bond donors (Lipinski definition) is 0. The van der Waals surface area contributed by atoms with Crippen LogP contribution in [0.15, 0.2) is 76.7 Å². The lowest BCUT2D eigenvalue weighted by atomic mass is 9.96. The summed E-state index contributed by atoms with van der Waals surface area (Å²) in [6.45, 7) is 0. The Morgan fingerprint density at radius 1 is 0.957 bits per heavy atom. The molecule has 0 bridgehead atoms. The summed E-state index contributed by atoms with van der Waals surface area (Å²) in [6.07, 6.45) is 6.98. The van der Waals surface area contributed by atoms with Gasteiger partial charge in [-0.2, -0.15) is 0 Å². The summed E-state index contributed by atoms with van der Waals surface area (Å²) in [6, 6.07) is 19.0. The van der Waals surface area contributed by atoms with Gasteiger partial charge in [0.15, 0.2) is 0 Å². The van der Waals surface area contributed by atoms with Gasteiger partial charge in [0.05, 0.1) is 16.9 Å². The first-order valence-corrected chi connectivity index (χ1v) is 7.89. The topological polar surface area (TPSA) is 29.6 Å². The summed E-state index contributed by atoms with van der Waals surface area (Å²) in [7, 11) is 0. The summed E-state index contributed by atoms with van der Waals surface area (Å²) in [5.41, 5.74) is 4.74. The Labute approximate surface area is 134 Å². The molecule has 3 heterocycles. The molecular formula is C20H15N3. The van der Waals surface area contributed by atoms with E-state index in [2.05, 4.69) is 70.2 Å². The average Bonchev–Trinajstić information content (AvgIpc) is 2.94. The van der Waals surface area contributed by atoms with E-state index in [1.807, 2.05) is 12.3 Å². The second-order valence-electron chi connectivity index (χ2n) is 5.93. The fraction of sp³-hybridized carbons (Fsp3) is 0.100. The first kappa shape index (κ1) is 12.6. The molecule has 3 aromatic rings. The SMILES string of the molecule is C1=CC2Cc3c(c4ccccc4n3-c3ccccc3)N=C2N=C1. The van der Waals surface area contributed by atoms with E-state index < -0.39 is 0 Å². The summed E-state index contributed by atoms with van der Waals surface area (Å²) in [5, 5.41) is 1.20. The molecule has 2 aliphatic rings. The number of rotatable bonds is 1. The van der Waals surface area contributed by atoms with Gasteiger partial charge in [0.1, 0.15) is 5.84 Å². The van der Waals surface area contributed by atoms with E-state index in [1.54, 1.807) is 0 Å². The lowest BCUT2D eigenvalue weighted by Gasteiger charge is -2.21. The molecule has 2 aromatic carbocycles. The molecule has 1 aromatic heterocycles. The van der Waals surface area contributed by atoms with E-state index in [-0.39, 0.29) is 5.92 Å². The Bertz CT molecular complexity index is 990. The predicted molar refractivity (Wildman–Crippen MR) is 95.2 cm³/mol. The van der Waals surface area contributed by atoms with E-state index in [4.69, 9.17) is 4.99 Å². The van der Waals surface area contributed by atoms with Gasteiger partial charge >= 0.3 is 0 Å². The number of aliphatic imine (C=N–C) groups is 2. The van der Waals surface area contributed by atoms with Crippen molar-refractivity contribution in [3.8, 4) is 5.69 Å². The smallest absolute Gasteiger partial charge is 0.136 e. The van der Waals surface area contributed by atoms with Crippen molar-refractivity contribution in [3.05, 3.63) is 72.4 Å². The van der Waals surface area contributed by atoms with Crippen molar-refractivity contribution in [2.24, 2.45) is 15.9 Å². The predicted octanol–water partition coefficient (Wildman–Crippen LogP) is 4.47. The van der Waals surface area contributed by atoms with Gasteiger partial charge in [-0.15, -0.1) is 0 Å². The lowest BCUT2D eigenvalue weighted by molar-refractivity contribution is 0.777. The standard InChI is InChI=1S/C20H15N3/c1-2-8-15(9-3-1)23-17-11-5-4-10-16(17)19-18(23)13-14-7-6-12-21-20(14)22-19/h1-12,14H,13H2. The molecular weight excluding hydrogens is 282 g/mol. The molecule has 110 valence electrons. The lowest BCUT2D eigenvalue weighted by Crippen LogP contribution is -2.20. The molecule has 0 N–H and O–H groups in total. The summed E-state index contributed by atoms with van der Waals surface area (Å²) < 4.78 is 2.34. The molecule has 0 amide bonds. The number of aromatic nitrogens is 1. The minimum atomic E-state index is 0.277. The fourth-order valence-corrected chi connectivity index (χ4v) is 3.54. The Morgan fingerprint density at radius 3 is 2.70 bits per heavy atom. The molecule has 0 saturated heterocycles. The summed E-state index contributed by atoms with van der Waals surface area (Å²) in [5.74, 6) is 1.20. The van der Waals surface area contributed by atoms with Crippen LogP contribution in [0.3, 0.4) is 0 Å². The van der Waals surface area contributed by atoms with Crippen LogP contribution < -0.4 is 0 Å². The molecule has 2 aliphatic heterocycles. The van der Waals surface area contributed by atoms with Crippen LogP contribution in [-0.2, 0) is 6.42 Å². The van der Waals surface area contributed by atoms with Crippen molar-refractivity contribution >= 4 is 28.6 Å². The zero-order chi connectivity index (χ0) is 15.2. The van der Waals surface area contributed by atoms with Crippen LogP contribution >= 0.6 is 0 Å². The van der Waals surface area contributed by atoms with E-state index in [0.29, 0.717) is 0 Å². The van der Waals surface area contributed by atoms with Crippen molar-refractivity contribution in [3.63, 3.8) is 0 Å². The minimum absolute atomic E-state index is 0.277. The maximum Gasteiger partial charge on any atom is 0.136 e.